The molecule has 0 spiro atoms. The quantitative estimate of drug-likeness (QED) is 0.546. The lowest BCUT2D eigenvalue weighted by atomic mass is 10.1. The number of carbonyl (C=O) groups excluding carboxylic acids is 2. The number of rotatable bonds is 7. The monoisotopic (exact) mass is 394 g/mol. The summed E-state index contributed by atoms with van der Waals surface area (Å²) in [5.41, 5.74) is 0.790. The second kappa shape index (κ2) is 7.92. The Hall–Kier alpha value is -2.33. The standard InChI is InChI=1S/C16H18N4O4S2/c1-8(2)17-15-19-20-16(26-15)25-6-14(22)18-11-5-13-12(23-7-24-13)4-10(11)9(3)21/h4-5,8H,6-7H2,1-3H3,(H,17,19)(H,18,22). The van der Waals surface area contributed by atoms with Crippen LogP contribution in [0, 0.1) is 0 Å². The number of amides is 1. The van der Waals surface area contributed by atoms with Crippen LogP contribution in [0.15, 0.2) is 16.5 Å². The zero-order valence-corrected chi connectivity index (χ0v) is 16.1. The number of Topliss-reactive ketones (excluding diaryl/α,β-unsaturated/α-hetero) is 1. The number of ketones is 1. The molecule has 3 rings (SSSR count). The van der Waals surface area contributed by atoms with Crippen molar-refractivity contribution in [1.82, 2.24) is 10.2 Å². The molecule has 1 aromatic carbocycles. The van der Waals surface area contributed by atoms with E-state index < -0.39 is 0 Å². The number of thioether (sulfide) groups is 1. The zero-order valence-electron chi connectivity index (χ0n) is 14.5. The Balaban J connectivity index is 1.63. The highest BCUT2D eigenvalue weighted by Gasteiger charge is 2.20. The lowest BCUT2D eigenvalue weighted by molar-refractivity contribution is -0.113. The summed E-state index contributed by atoms with van der Waals surface area (Å²) in [7, 11) is 0. The Morgan fingerprint density at radius 2 is 2.00 bits per heavy atom. The predicted octanol–water partition coefficient (Wildman–Crippen LogP) is 3.02. The third-order valence-corrected chi connectivity index (χ3v) is 5.30. The van der Waals surface area contributed by atoms with Crippen LogP contribution in [0.3, 0.4) is 0 Å². The van der Waals surface area contributed by atoms with E-state index >= 15 is 0 Å². The number of nitrogens with zero attached hydrogens (tertiary/aromatic N) is 2. The molecule has 1 aliphatic rings. The molecular formula is C16H18N4O4S2. The number of carbonyl (C=O) groups is 2. The Kier molecular flexibility index (Phi) is 5.62. The van der Waals surface area contributed by atoms with Gasteiger partial charge in [-0.2, -0.15) is 0 Å². The maximum Gasteiger partial charge on any atom is 0.234 e. The van der Waals surface area contributed by atoms with Gasteiger partial charge < -0.3 is 20.1 Å². The third-order valence-electron chi connectivity index (χ3n) is 3.31. The second-order valence-corrected chi connectivity index (χ2v) is 8.02. The molecule has 0 aliphatic carbocycles. The number of anilines is 2. The van der Waals surface area contributed by atoms with Gasteiger partial charge in [0.1, 0.15) is 0 Å². The van der Waals surface area contributed by atoms with Crippen molar-refractivity contribution in [2.45, 2.75) is 31.2 Å². The van der Waals surface area contributed by atoms with Crippen LogP contribution in [-0.2, 0) is 4.79 Å². The highest BCUT2D eigenvalue weighted by molar-refractivity contribution is 8.01. The third kappa shape index (κ3) is 4.44. The summed E-state index contributed by atoms with van der Waals surface area (Å²) in [4.78, 5) is 24.1. The van der Waals surface area contributed by atoms with Crippen LogP contribution < -0.4 is 20.1 Å². The SMILES string of the molecule is CC(=O)c1cc2c(cc1NC(=O)CSc1nnc(NC(C)C)s1)OCO2. The molecule has 0 bridgehead atoms. The summed E-state index contributed by atoms with van der Waals surface area (Å²) >= 11 is 2.68. The van der Waals surface area contributed by atoms with Gasteiger partial charge in [-0.25, -0.2) is 0 Å². The van der Waals surface area contributed by atoms with Gasteiger partial charge in [0.25, 0.3) is 0 Å². The van der Waals surface area contributed by atoms with E-state index in [2.05, 4.69) is 20.8 Å². The summed E-state index contributed by atoms with van der Waals surface area (Å²) in [5, 5.41) is 14.7. The summed E-state index contributed by atoms with van der Waals surface area (Å²) in [5.74, 6) is 0.750. The molecule has 0 saturated carbocycles. The van der Waals surface area contributed by atoms with Crippen LogP contribution in [0.2, 0.25) is 0 Å². The van der Waals surface area contributed by atoms with Gasteiger partial charge in [0.05, 0.1) is 11.4 Å². The van der Waals surface area contributed by atoms with Crippen LogP contribution in [0.25, 0.3) is 0 Å². The Morgan fingerprint density at radius 3 is 2.69 bits per heavy atom. The van der Waals surface area contributed by atoms with Gasteiger partial charge in [0.2, 0.25) is 17.8 Å². The van der Waals surface area contributed by atoms with Crippen LogP contribution in [0.4, 0.5) is 10.8 Å². The van der Waals surface area contributed by atoms with E-state index in [0.29, 0.717) is 27.1 Å². The number of ether oxygens (including phenoxy) is 2. The van der Waals surface area contributed by atoms with Gasteiger partial charge in [-0.3, -0.25) is 9.59 Å². The molecule has 2 heterocycles. The zero-order chi connectivity index (χ0) is 18.7. The van der Waals surface area contributed by atoms with Crippen LogP contribution in [-0.4, -0.2) is 40.5 Å². The highest BCUT2D eigenvalue weighted by atomic mass is 32.2. The van der Waals surface area contributed by atoms with Crippen LogP contribution >= 0.6 is 23.1 Å². The number of benzene rings is 1. The molecular weight excluding hydrogens is 376 g/mol. The molecule has 2 N–H and O–H groups in total. The number of aromatic nitrogens is 2. The Bertz CT molecular complexity index is 838. The molecule has 1 amide bonds. The van der Waals surface area contributed by atoms with Gasteiger partial charge in [-0.05, 0) is 26.8 Å². The van der Waals surface area contributed by atoms with E-state index in [1.165, 1.54) is 30.0 Å². The number of nitrogens with one attached hydrogen (secondary N) is 2. The van der Waals surface area contributed by atoms with Gasteiger partial charge in [0, 0.05) is 17.7 Å². The minimum absolute atomic E-state index is 0.101. The number of fused-ring (bicyclic) bond motifs is 1. The van der Waals surface area contributed by atoms with E-state index in [1.54, 1.807) is 12.1 Å². The first-order chi connectivity index (χ1) is 12.4. The molecule has 0 saturated heterocycles. The maximum absolute atomic E-state index is 12.3. The normalized spacial score (nSPS) is 12.3. The summed E-state index contributed by atoms with van der Waals surface area (Å²) < 4.78 is 11.3. The fourth-order valence-corrected chi connectivity index (χ4v) is 3.92. The topological polar surface area (TPSA) is 102 Å². The van der Waals surface area contributed by atoms with Crippen molar-refractivity contribution in [2.75, 3.05) is 23.2 Å². The van der Waals surface area contributed by atoms with Gasteiger partial charge in [-0.1, -0.05) is 23.1 Å². The van der Waals surface area contributed by atoms with Crippen molar-refractivity contribution in [3.05, 3.63) is 17.7 Å². The van der Waals surface area contributed by atoms with Gasteiger partial charge >= 0.3 is 0 Å². The molecule has 26 heavy (non-hydrogen) atoms. The highest BCUT2D eigenvalue weighted by Crippen LogP contribution is 2.37. The Morgan fingerprint density at radius 1 is 1.27 bits per heavy atom. The first-order valence-corrected chi connectivity index (χ1v) is 9.70. The lowest BCUT2D eigenvalue weighted by Crippen LogP contribution is -2.16. The van der Waals surface area contributed by atoms with Gasteiger partial charge in [-0.15, -0.1) is 10.2 Å². The molecule has 138 valence electrons. The molecule has 10 heteroatoms. The summed E-state index contributed by atoms with van der Waals surface area (Å²) in [6.45, 7) is 5.56. The lowest BCUT2D eigenvalue weighted by Gasteiger charge is -2.10. The van der Waals surface area contributed by atoms with E-state index in [9.17, 15) is 9.59 Å². The van der Waals surface area contributed by atoms with Crippen LogP contribution in [0.5, 0.6) is 11.5 Å². The summed E-state index contributed by atoms with van der Waals surface area (Å²) in [6, 6.07) is 3.46. The second-order valence-electron chi connectivity index (χ2n) is 5.82. The fourth-order valence-electron chi connectivity index (χ4n) is 2.22. The van der Waals surface area contributed by atoms with Crippen molar-refractivity contribution < 1.29 is 19.1 Å². The van der Waals surface area contributed by atoms with E-state index in [-0.39, 0.29) is 30.3 Å². The number of hydrogen-bond donors (Lipinski definition) is 2. The first-order valence-electron chi connectivity index (χ1n) is 7.89. The minimum Gasteiger partial charge on any atom is -0.454 e. The molecule has 0 fully saturated rings. The minimum atomic E-state index is -0.245. The van der Waals surface area contributed by atoms with E-state index in [1.807, 2.05) is 13.8 Å². The average molecular weight is 394 g/mol. The van der Waals surface area contributed by atoms with Crippen molar-refractivity contribution >= 4 is 45.6 Å². The molecule has 1 aliphatic heterocycles. The van der Waals surface area contributed by atoms with E-state index in [4.69, 9.17) is 9.47 Å². The first kappa shape index (κ1) is 18.5. The molecule has 0 unspecified atom stereocenters. The summed E-state index contributed by atoms with van der Waals surface area (Å²) in [6.07, 6.45) is 0. The van der Waals surface area contributed by atoms with Gasteiger partial charge in [0.15, 0.2) is 21.6 Å². The molecule has 0 radical (unpaired) electrons. The maximum atomic E-state index is 12.3. The molecule has 2 aromatic rings. The van der Waals surface area contributed by atoms with E-state index in [0.717, 1.165) is 5.13 Å². The number of hydrogen-bond acceptors (Lipinski definition) is 9. The molecule has 0 atom stereocenters. The van der Waals surface area contributed by atoms with Crippen molar-refractivity contribution in [3.8, 4) is 11.5 Å². The van der Waals surface area contributed by atoms with Crippen molar-refractivity contribution in [1.29, 1.82) is 0 Å². The predicted molar refractivity (Wildman–Crippen MR) is 101 cm³/mol. The Labute approximate surface area is 158 Å². The smallest absolute Gasteiger partial charge is 0.234 e. The molecule has 1 aromatic heterocycles. The fraction of sp³-hybridized carbons (Fsp3) is 0.375. The largest absolute Gasteiger partial charge is 0.454 e. The average Bonchev–Trinajstić information content (AvgIpc) is 3.20. The van der Waals surface area contributed by atoms with Crippen molar-refractivity contribution in [3.63, 3.8) is 0 Å². The van der Waals surface area contributed by atoms with Crippen LogP contribution in [0.1, 0.15) is 31.1 Å². The molecule has 8 nitrogen and oxygen atoms in total. The van der Waals surface area contributed by atoms with Crippen molar-refractivity contribution in [2.24, 2.45) is 0 Å².